The Morgan fingerprint density at radius 3 is 2.48 bits per heavy atom. The summed E-state index contributed by atoms with van der Waals surface area (Å²) in [6.07, 6.45) is 9.96. The van der Waals surface area contributed by atoms with E-state index in [2.05, 4.69) is 31.2 Å². The highest BCUT2D eigenvalue weighted by Gasteiger charge is 2.32. The number of carbonyl (C=O) groups excluding carboxylic acids is 1. The molecule has 1 saturated carbocycles. The SMILES string of the molecule is COc1ccc(C2=C(C)C3=C(C4CC4)C=C(C(=O)O)C(=O)CCC(C=C2)C3)cc1. The largest absolute Gasteiger partial charge is 0.497 e. The minimum Gasteiger partial charge on any atom is -0.497 e. The molecule has 2 bridgehead atoms. The van der Waals surface area contributed by atoms with E-state index in [1.54, 1.807) is 13.2 Å². The first-order valence-corrected chi connectivity index (χ1v) is 10.2. The van der Waals surface area contributed by atoms with Gasteiger partial charge < -0.3 is 9.84 Å². The first-order valence-electron chi connectivity index (χ1n) is 10.2. The van der Waals surface area contributed by atoms with Crippen LogP contribution in [0, 0.1) is 11.8 Å². The molecule has 0 aromatic heterocycles. The molecule has 29 heavy (non-hydrogen) atoms. The monoisotopic (exact) mass is 390 g/mol. The van der Waals surface area contributed by atoms with Crippen LogP contribution in [-0.4, -0.2) is 24.0 Å². The molecule has 0 aliphatic heterocycles. The average Bonchev–Trinajstić information content (AvgIpc) is 3.55. The number of hydrogen-bond acceptors (Lipinski definition) is 3. The molecule has 1 fully saturated rings. The number of ketones is 1. The molecule has 1 aromatic carbocycles. The van der Waals surface area contributed by atoms with Crippen LogP contribution in [0.5, 0.6) is 5.75 Å². The summed E-state index contributed by atoms with van der Waals surface area (Å²) in [5, 5.41) is 9.63. The topological polar surface area (TPSA) is 63.6 Å². The van der Waals surface area contributed by atoms with Gasteiger partial charge in [0, 0.05) is 6.42 Å². The number of benzene rings is 1. The molecule has 0 spiro atoms. The van der Waals surface area contributed by atoms with E-state index in [1.807, 2.05) is 12.1 Å². The number of ether oxygens (including phenoxy) is 1. The summed E-state index contributed by atoms with van der Waals surface area (Å²) in [4.78, 5) is 24.3. The maximum Gasteiger partial charge on any atom is 0.339 e. The van der Waals surface area contributed by atoms with Crippen LogP contribution in [0.3, 0.4) is 0 Å². The van der Waals surface area contributed by atoms with Crippen molar-refractivity contribution in [1.29, 1.82) is 0 Å². The molecule has 4 heteroatoms. The predicted molar refractivity (Wildman–Crippen MR) is 113 cm³/mol. The fourth-order valence-electron chi connectivity index (χ4n) is 4.33. The number of carboxylic acids is 1. The number of carbonyl (C=O) groups is 2. The van der Waals surface area contributed by atoms with Gasteiger partial charge in [-0.05, 0) is 90.5 Å². The van der Waals surface area contributed by atoms with Crippen LogP contribution in [-0.2, 0) is 9.59 Å². The quantitative estimate of drug-likeness (QED) is 0.724. The molecule has 1 N–H and O–H groups in total. The lowest BCUT2D eigenvalue weighted by atomic mass is 9.87. The van der Waals surface area contributed by atoms with Gasteiger partial charge >= 0.3 is 5.97 Å². The Bertz CT molecular complexity index is 969. The maximum absolute atomic E-state index is 12.5. The van der Waals surface area contributed by atoms with Gasteiger partial charge in [0.1, 0.15) is 11.3 Å². The molecule has 0 heterocycles. The Balaban J connectivity index is 1.90. The molecular formula is C25H26O4. The third kappa shape index (κ3) is 3.98. The van der Waals surface area contributed by atoms with E-state index in [1.165, 1.54) is 11.1 Å². The summed E-state index contributed by atoms with van der Waals surface area (Å²) >= 11 is 0. The lowest BCUT2D eigenvalue weighted by Crippen LogP contribution is -2.13. The second-order valence-electron chi connectivity index (χ2n) is 8.12. The minimum atomic E-state index is -1.12. The van der Waals surface area contributed by atoms with E-state index in [9.17, 15) is 14.7 Å². The molecular weight excluding hydrogens is 364 g/mol. The van der Waals surface area contributed by atoms with Gasteiger partial charge in [0.05, 0.1) is 7.11 Å². The van der Waals surface area contributed by atoms with E-state index >= 15 is 0 Å². The molecule has 0 radical (unpaired) electrons. The fourth-order valence-corrected chi connectivity index (χ4v) is 4.33. The van der Waals surface area contributed by atoms with Crippen LogP contribution in [0.4, 0.5) is 0 Å². The smallest absolute Gasteiger partial charge is 0.339 e. The zero-order chi connectivity index (χ0) is 20.5. The van der Waals surface area contributed by atoms with E-state index in [-0.39, 0.29) is 23.7 Å². The average molecular weight is 390 g/mol. The Morgan fingerprint density at radius 2 is 1.86 bits per heavy atom. The zero-order valence-electron chi connectivity index (χ0n) is 16.9. The van der Waals surface area contributed by atoms with E-state index in [4.69, 9.17) is 4.74 Å². The third-order valence-electron chi connectivity index (χ3n) is 6.20. The number of carboxylic acid groups (broad SMARTS) is 1. The first kappa shape index (κ1) is 19.4. The standard InChI is InChI=1S/C25H26O4/c1-15-20(17-7-9-19(29-2)10-8-17)11-3-16-4-12-24(26)23(25(27)28)14-22(18-5-6-18)21(15)13-16/h3,7-11,14,16,18H,4-6,12-13H2,1-2H3,(H,27,28). The summed E-state index contributed by atoms with van der Waals surface area (Å²) in [5.74, 6) is 0.0355. The van der Waals surface area contributed by atoms with Crippen molar-refractivity contribution in [2.75, 3.05) is 7.11 Å². The zero-order valence-corrected chi connectivity index (χ0v) is 16.9. The Labute approximate surface area is 171 Å². The van der Waals surface area contributed by atoms with E-state index < -0.39 is 5.97 Å². The molecule has 150 valence electrons. The Hall–Kier alpha value is -2.88. The van der Waals surface area contributed by atoms with Gasteiger partial charge in [-0.2, -0.15) is 0 Å². The lowest BCUT2D eigenvalue weighted by Gasteiger charge is -2.17. The van der Waals surface area contributed by atoms with Gasteiger partial charge in [-0.15, -0.1) is 0 Å². The van der Waals surface area contributed by atoms with Crippen molar-refractivity contribution in [1.82, 2.24) is 0 Å². The Kier molecular flexibility index (Phi) is 5.27. The first-order chi connectivity index (χ1) is 14.0. The molecule has 1 unspecified atom stereocenters. The summed E-state index contributed by atoms with van der Waals surface area (Å²) in [6.45, 7) is 2.12. The van der Waals surface area contributed by atoms with Gasteiger partial charge in [0.15, 0.2) is 5.78 Å². The van der Waals surface area contributed by atoms with Gasteiger partial charge in [0.25, 0.3) is 0 Å². The van der Waals surface area contributed by atoms with Crippen LogP contribution < -0.4 is 4.74 Å². The molecule has 0 amide bonds. The van der Waals surface area contributed by atoms with Gasteiger partial charge in [-0.1, -0.05) is 24.3 Å². The fraction of sp³-hybridized carbons (Fsp3) is 0.360. The van der Waals surface area contributed by atoms with Crippen LogP contribution in [0.25, 0.3) is 5.57 Å². The van der Waals surface area contributed by atoms with Gasteiger partial charge in [-0.3, -0.25) is 4.79 Å². The molecule has 1 aromatic rings. The number of rotatable bonds is 4. The van der Waals surface area contributed by atoms with E-state index in [0.29, 0.717) is 12.3 Å². The van der Waals surface area contributed by atoms with Crippen molar-refractivity contribution in [3.8, 4) is 5.75 Å². The normalized spacial score (nSPS) is 22.5. The highest BCUT2D eigenvalue weighted by molar-refractivity contribution is 6.17. The number of hydrogen-bond donors (Lipinski definition) is 1. The molecule has 4 nitrogen and oxygen atoms in total. The van der Waals surface area contributed by atoms with Crippen molar-refractivity contribution in [2.24, 2.45) is 11.8 Å². The molecule has 3 aliphatic rings. The van der Waals surface area contributed by atoms with Crippen LogP contribution >= 0.6 is 0 Å². The summed E-state index contributed by atoms with van der Waals surface area (Å²) in [7, 11) is 1.66. The number of methoxy groups -OCH3 is 1. The minimum absolute atomic E-state index is 0.0617. The van der Waals surface area contributed by atoms with Gasteiger partial charge in [-0.25, -0.2) is 4.79 Å². The second-order valence-corrected chi connectivity index (χ2v) is 8.12. The third-order valence-corrected chi connectivity index (χ3v) is 6.20. The maximum atomic E-state index is 12.5. The number of Topliss-reactive ketones (excluding diaryl/α,β-unsaturated/α-hetero) is 1. The van der Waals surface area contributed by atoms with Crippen LogP contribution in [0.2, 0.25) is 0 Å². The van der Waals surface area contributed by atoms with Crippen molar-refractivity contribution in [3.05, 3.63) is 70.3 Å². The van der Waals surface area contributed by atoms with Crippen LogP contribution in [0.1, 0.15) is 44.6 Å². The lowest BCUT2D eigenvalue weighted by molar-refractivity contribution is -0.134. The molecule has 3 aliphatic carbocycles. The van der Waals surface area contributed by atoms with E-state index in [0.717, 1.165) is 41.7 Å². The summed E-state index contributed by atoms with van der Waals surface area (Å²) in [5.41, 5.74) is 5.64. The van der Waals surface area contributed by atoms with Crippen molar-refractivity contribution in [2.45, 2.75) is 39.0 Å². The highest BCUT2D eigenvalue weighted by atomic mass is 16.5. The number of allylic oxidation sites excluding steroid dienone is 7. The van der Waals surface area contributed by atoms with Crippen molar-refractivity contribution >= 4 is 17.3 Å². The highest BCUT2D eigenvalue weighted by Crippen LogP contribution is 2.45. The molecule has 4 rings (SSSR count). The number of aliphatic carboxylic acids is 1. The second kappa shape index (κ2) is 7.86. The van der Waals surface area contributed by atoms with Crippen LogP contribution in [0.15, 0.2) is 64.8 Å². The Morgan fingerprint density at radius 1 is 1.14 bits per heavy atom. The predicted octanol–water partition coefficient (Wildman–Crippen LogP) is 5.13. The number of fused-ring (bicyclic) bond motifs is 2. The van der Waals surface area contributed by atoms with Crippen molar-refractivity contribution in [3.63, 3.8) is 0 Å². The van der Waals surface area contributed by atoms with Gasteiger partial charge in [0.2, 0.25) is 0 Å². The van der Waals surface area contributed by atoms with Crippen molar-refractivity contribution < 1.29 is 19.4 Å². The summed E-state index contributed by atoms with van der Waals surface area (Å²) < 4.78 is 5.29. The molecule has 1 atom stereocenters. The molecule has 0 saturated heterocycles. The summed E-state index contributed by atoms with van der Waals surface area (Å²) in [6, 6.07) is 8.04.